The molecule has 1 atom stereocenters. The van der Waals surface area contributed by atoms with E-state index in [-0.39, 0.29) is 6.42 Å². The van der Waals surface area contributed by atoms with Gasteiger partial charge in [0, 0.05) is 13.1 Å². The number of carbonyl (C=O) groups is 1. The lowest BCUT2D eigenvalue weighted by atomic mass is 9.94. The van der Waals surface area contributed by atoms with Crippen LogP contribution >= 0.6 is 0 Å². The largest absolute Gasteiger partial charge is 0.481 e. The molecule has 0 aliphatic carbocycles. The highest BCUT2D eigenvalue weighted by molar-refractivity contribution is 5.70. The molecule has 0 amide bonds. The molecule has 4 heteroatoms. The molecule has 1 aromatic carbocycles. The minimum absolute atomic E-state index is 0.0280. The van der Waals surface area contributed by atoms with Gasteiger partial charge in [0.25, 0.3) is 0 Å². The highest BCUT2D eigenvalue weighted by Crippen LogP contribution is 2.16. The maximum Gasteiger partial charge on any atom is 0.307 e. The highest BCUT2D eigenvalue weighted by atomic mass is 16.4. The van der Waals surface area contributed by atoms with Crippen LogP contribution in [0.4, 0.5) is 0 Å². The predicted octanol–water partition coefficient (Wildman–Crippen LogP) is 2.20. The monoisotopic (exact) mass is 279 g/mol. The van der Waals surface area contributed by atoms with E-state index in [1.54, 1.807) is 0 Å². The summed E-state index contributed by atoms with van der Waals surface area (Å²) in [7, 11) is 0. The Hall–Kier alpha value is -1.39. The molecule has 20 heavy (non-hydrogen) atoms. The van der Waals surface area contributed by atoms with Crippen LogP contribution in [0.2, 0.25) is 0 Å². The molecule has 0 aromatic heterocycles. The zero-order chi connectivity index (χ0) is 15.2. The zero-order valence-electron chi connectivity index (χ0n) is 12.5. The Morgan fingerprint density at radius 3 is 2.45 bits per heavy atom. The number of carboxylic acids is 1. The molecule has 0 aliphatic rings. The first-order chi connectivity index (χ1) is 9.30. The first kappa shape index (κ1) is 16.7. The van der Waals surface area contributed by atoms with E-state index in [9.17, 15) is 9.90 Å². The van der Waals surface area contributed by atoms with Gasteiger partial charge in [-0.05, 0) is 30.4 Å². The fourth-order valence-corrected chi connectivity index (χ4v) is 2.48. The number of hydrogen-bond acceptors (Lipinski definition) is 3. The second-order valence-corrected chi connectivity index (χ2v) is 6.04. The molecule has 4 nitrogen and oxygen atoms in total. The van der Waals surface area contributed by atoms with Crippen LogP contribution in [0.1, 0.15) is 38.3 Å². The summed E-state index contributed by atoms with van der Waals surface area (Å²) in [6, 6.07) is 7.49. The topological polar surface area (TPSA) is 69.6 Å². The van der Waals surface area contributed by atoms with Crippen molar-refractivity contribution in [3.05, 3.63) is 35.4 Å². The first-order valence-electron chi connectivity index (χ1n) is 7.02. The number of benzene rings is 1. The van der Waals surface area contributed by atoms with Crippen LogP contribution < -0.4 is 5.32 Å². The average Bonchev–Trinajstić information content (AvgIpc) is 2.28. The normalized spacial score (nSPS) is 14.2. The van der Waals surface area contributed by atoms with Gasteiger partial charge in [0.2, 0.25) is 0 Å². The second kappa shape index (κ2) is 7.41. The van der Waals surface area contributed by atoms with Gasteiger partial charge in [0.05, 0.1) is 12.0 Å². The van der Waals surface area contributed by atoms with Gasteiger partial charge in [0.1, 0.15) is 0 Å². The fourth-order valence-electron chi connectivity index (χ4n) is 2.48. The lowest BCUT2D eigenvalue weighted by molar-refractivity contribution is -0.136. The average molecular weight is 279 g/mol. The van der Waals surface area contributed by atoms with Gasteiger partial charge in [-0.2, -0.15) is 0 Å². The Bertz CT molecular complexity index is 441. The lowest BCUT2D eigenvalue weighted by Crippen LogP contribution is -2.38. The number of carboxylic acid groups (broad SMARTS) is 1. The third kappa shape index (κ3) is 6.17. The summed E-state index contributed by atoms with van der Waals surface area (Å²) >= 11 is 0. The molecule has 0 aliphatic heterocycles. The highest BCUT2D eigenvalue weighted by Gasteiger charge is 2.21. The molecule has 0 radical (unpaired) electrons. The molecule has 0 bridgehead atoms. The van der Waals surface area contributed by atoms with Crippen LogP contribution in [-0.2, 0) is 17.8 Å². The van der Waals surface area contributed by atoms with Crippen LogP contribution in [0.15, 0.2) is 24.3 Å². The molecule has 1 aromatic rings. The Labute approximate surface area is 120 Å². The maximum atomic E-state index is 10.8. The van der Waals surface area contributed by atoms with Crippen molar-refractivity contribution in [2.75, 3.05) is 6.54 Å². The fraction of sp³-hybridized carbons (Fsp3) is 0.562. The number of aliphatic carboxylic acids is 1. The van der Waals surface area contributed by atoms with E-state index in [1.165, 1.54) is 0 Å². The molecule has 0 saturated carbocycles. The number of hydrogen-bond donors (Lipinski definition) is 3. The maximum absolute atomic E-state index is 10.8. The van der Waals surface area contributed by atoms with Gasteiger partial charge in [-0.1, -0.05) is 38.1 Å². The summed E-state index contributed by atoms with van der Waals surface area (Å²) in [6.45, 7) is 7.04. The zero-order valence-corrected chi connectivity index (χ0v) is 12.5. The van der Waals surface area contributed by atoms with Gasteiger partial charge in [-0.15, -0.1) is 0 Å². The van der Waals surface area contributed by atoms with Crippen LogP contribution in [0.3, 0.4) is 0 Å². The van der Waals surface area contributed by atoms with E-state index < -0.39 is 11.6 Å². The minimum Gasteiger partial charge on any atom is -0.481 e. The molecule has 1 unspecified atom stereocenters. The van der Waals surface area contributed by atoms with Crippen molar-refractivity contribution in [2.24, 2.45) is 5.92 Å². The van der Waals surface area contributed by atoms with Crippen molar-refractivity contribution in [1.82, 2.24) is 5.32 Å². The quantitative estimate of drug-likeness (QED) is 0.682. The molecule has 0 saturated heterocycles. The third-order valence-electron chi connectivity index (χ3n) is 3.13. The van der Waals surface area contributed by atoms with Crippen LogP contribution in [-0.4, -0.2) is 28.3 Å². The summed E-state index contributed by atoms with van der Waals surface area (Å²) < 4.78 is 0. The first-order valence-corrected chi connectivity index (χ1v) is 7.02. The number of aliphatic hydroxyl groups is 1. The van der Waals surface area contributed by atoms with Crippen LogP contribution in [0.25, 0.3) is 0 Å². The molecule has 0 fully saturated rings. The standard InChI is InChI=1S/C16H25NO3/c1-12(2)9-16(3,20)11-17-10-14-7-5-4-6-13(14)8-15(18)19/h4-7,12,17,20H,8-11H2,1-3H3,(H,18,19). The van der Waals surface area contributed by atoms with Gasteiger partial charge in [-0.25, -0.2) is 0 Å². The molecule has 1 rings (SSSR count). The Morgan fingerprint density at radius 2 is 1.90 bits per heavy atom. The predicted molar refractivity (Wildman–Crippen MR) is 79.6 cm³/mol. The van der Waals surface area contributed by atoms with Gasteiger partial charge in [-0.3, -0.25) is 4.79 Å². The summed E-state index contributed by atoms with van der Waals surface area (Å²) in [5.41, 5.74) is 1.04. The Kier molecular flexibility index (Phi) is 6.17. The smallest absolute Gasteiger partial charge is 0.307 e. The number of rotatable bonds is 8. The van der Waals surface area contributed by atoms with Crippen molar-refractivity contribution in [3.63, 3.8) is 0 Å². The van der Waals surface area contributed by atoms with Gasteiger partial charge >= 0.3 is 5.97 Å². The Balaban J connectivity index is 2.55. The van der Waals surface area contributed by atoms with Crippen molar-refractivity contribution in [1.29, 1.82) is 0 Å². The van der Waals surface area contributed by atoms with E-state index >= 15 is 0 Å². The molecular weight excluding hydrogens is 254 g/mol. The molecule has 112 valence electrons. The molecule has 3 N–H and O–H groups in total. The number of nitrogens with one attached hydrogen (secondary N) is 1. The van der Waals surface area contributed by atoms with Crippen molar-refractivity contribution in [3.8, 4) is 0 Å². The molecule has 0 spiro atoms. The lowest BCUT2D eigenvalue weighted by Gasteiger charge is -2.26. The van der Waals surface area contributed by atoms with Crippen molar-refractivity contribution < 1.29 is 15.0 Å². The van der Waals surface area contributed by atoms with E-state index in [0.29, 0.717) is 19.0 Å². The van der Waals surface area contributed by atoms with Crippen molar-refractivity contribution >= 4 is 5.97 Å². The Morgan fingerprint density at radius 1 is 1.30 bits per heavy atom. The SMILES string of the molecule is CC(C)CC(C)(O)CNCc1ccccc1CC(=O)O. The summed E-state index contributed by atoms with van der Waals surface area (Å²) in [6.07, 6.45) is 0.761. The molecular formula is C16H25NO3. The van der Waals surface area contributed by atoms with E-state index in [2.05, 4.69) is 19.2 Å². The minimum atomic E-state index is -0.829. The molecule has 0 heterocycles. The van der Waals surface area contributed by atoms with Gasteiger partial charge in [0.15, 0.2) is 0 Å². The summed E-state index contributed by atoms with van der Waals surface area (Å²) in [4.78, 5) is 10.8. The van der Waals surface area contributed by atoms with Crippen LogP contribution in [0, 0.1) is 5.92 Å². The summed E-state index contributed by atoms with van der Waals surface area (Å²) in [5, 5.41) is 22.3. The van der Waals surface area contributed by atoms with E-state index in [4.69, 9.17) is 5.11 Å². The van der Waals surface area contributed by atoms with Gasteiger partial charge < -0.3 is 15.5 Å². The van der Waals surface area contributed by atoms with E-state index in [0.717, 1.165) is 17.5 Å². The van der Waals surface area contributed by atoms with Crippen LogP contribution in [0.5, 0.6) is 0 Å². The van der Waals surface area contributed by atoms with Crippen molar-refractivity contribution in [2.45, 2.75) is 45.8 Å². The second-order valence-electron chi connectivity index (χ2n) is 6.04. The third-order valence-corrected chi connectivity index (χ3v) is 3.13. The summed E-state index contributed by atoms with van der Waals surface area (Å²) in [5.74, 6) is -0.393. The van der Waals surface area contributed by atoms with E-state index in [1.807, 2.05) is 31.2 Å².